The van der Waals surface area contributed by atoms with Crippen molar-refractivity contribution >= 4 is 29.4 Å². The van der Waals surface area contributed by atoms with Gasteiger partial charge in [0.05, 0.1) is 0 Å². The van der Waals surface area contributed by atoms with Gasteiger partial charge in [0.15, 0.2) is 0 Å². The predicted octanol–water partition coefficient (Wildman–Crippen LogP) is 0.395. The molecule has 2 saturated heterocycles. The van der Waals surface area contributed by atoms with Crippen molar-refractivity contribution in [3.05, 3.63) is 0 Å². The summed E-state index contributed by atoms with van der Waals surface area (Å²) in [5.74, 6) is 3.91. The SMILES string of the molecule is NC1CC(=O)N(CC2CSCCS2)C1. The van der Waals surface area contributed by atoms with Crippen LogP contribution in [0.25, 0.3) is 0 Å². The van der Waals surface area contributed by atoms with Gasteiger partial charge in [-0.15, -0.1) is 0 Å². The highest BCUT2D eigenvalue weighted by atomic mass is 32.2. The third-order valence-electron chi connectivity index (χ3n) is 2.55. The summed E-state index contributed by atoms with van der Waals surface area (Å²) in [6.45, 7) is 1.67. The monoisotopic (exact) mass is 232 g/mol. The highest BCUT2D eigenvalue weighted by Gasteiger charge is 2.29. The van der Waals surface area contributed by atoms with Crippen molar-refractivity contribution < 1.29 is 4.79 Å². The number of carbonyl (C=O) groups is 1. The van der Waals surface area contributed by atoms with Crippen LogP contribution in [0.3, 0.4) is 0 Å². The molecule has 0 saturated carbocycles. The molecular formula is C9H16N2OS2. The summed E-state index contributed by atoms with van der Waals surface area (Å²) < 4.78 is 0. The van der Waals surface area contributed by atoms with Crippen LogP contribution in [0.5, 0.6) is 0 Å². The van der Waals surface area contributed by atoms with Crippen molar-refractivity contribution in [3.63, 3.8) is 0 Å². The first-order valence-electron chi connectivity index (χ1n) is 4.98. The molecule has 5 heteroatoms. The Balaban J connectivity index is 1.81. The number of rotatable bonds is 2. The zero-order chi connectivity index (χ0) is 9.97. The molecular weight excluding hydrogens is 216 g/mol. The van der Waals surface area contributed by atoms with E-state index in [1.165, 1.54) is 17.3 Å². The number of amides is 1. The van der Waals surface area contributed by atoms with E-state index < -0.39 is 0 Å². The molecule has 3 nitrogen and oxygen atoms in total. The number of nitrogens with zero attached hydrogens (tertiary/aromatic N) is 1. The standard InChI is InChI=1S/C9H16N2OS2/c10-7-3-9(12)11(4-7)5-8-6-13-1-2-14-8/h7-8H,1-6,10H2. The topological polar surface area (TPSA) is 46.3 Å². The number of thioether (sulfide) groups is 2. The van der Waals surface area contributed by atoms with Crippen LogP contribution in [0.15, 0.2) is 0 Å². The smallest absolute Gasteiger partial charge is 0.224 e. The molecule has 0 aliphatic carbocycles. The van der Waals surface area contributed by atoms with Crippen LogP contribution in [-0.4, -0.2) is 52.4 Å². The van der Waals surface area contributed by atoms with Crippen LogP contribution < -0.4 is 5.73 Å². The van der Waals surface area contributed by atoms with Crippen molar-refractivity contribution in [1.29, 1.82) is 0 Å². The third-order valence-corrected chi connectivity index (χ3v) is 5.38. The van der Waals surface area contributed by atoms with E-state index in [1.54, 1.807) is 0 Å². The van der Waals surface area contributed by atoms with Crippen molar-refractivity contribution in [3.8, 4) is 0 Å². The second kappa shape index (κ2) is 4.77. The van der Waals surface area contributed by atoms with Gasteiger partial charge in [-0.25, -0.2) is 0 Å². The Kier molecular flexibility index (Phi) is 3.62. The molecule has 0 aromatic rings. The van der Waals surface area contributed by atoms with Gasteiger partial charge in [-0.05, 0) is 0 Å². The van der Waals surface area contributed by atoms with E-state index in [-0.39, 0.29) is 11.9 Å². The lowest BCUT2D eigenvalue weighted by Crippen LogP contribution is -2.36. The molecule has 80 valence electrons. The summed E-state index contributed by atoms with van der Waals surface area (Å²) in [6, 6.07) is 0.0729. The highest BCUT2D eigenvalue weighted by Crippen LogP contribution is 2.25. The van der Waals surface area contributed by atoms with Gasteiger partial charge in [-0.1, -0.05) is 0 Å². The fourth-order valence-electron chi connectivity index (χ4n) is 1.87. The quantitative estimate of drug-likeness (QED) is 0.748. The van der Waals surface area contributed by atoms with E-state index in [0.717, 1.165) is 13.1 Å². The molecule has 2 N–H and O–H groups in total. The van der Waals surface area contributed by atoms with Gasteiger partial charge in [0.25, 0.3) is 0 Å². The van der Waals surface area contributed by atoms with Gasteiger partial charge in [0.2, 0.25) is 5.91 Å². The number of hydrogen-bond acceptors (Lipinski definition) is 4. The van der Waals surface area contributed by atoms with Gasteiger partial charge in [0, 0.05) is 48.1 Å². The predicted molar refractivity (Wildman–Crippen MR) is 62.7 cm³/mol. The first-order valence-corrected chi connectivity index (χ1v) is 7.19. The maximum Gasteiger partial charge on any atom is 0.224 e. The first kappa shape index (κ1) is 10.6. The second-order valence-corrected chi connectivity index (χ2v) is 6.39. The van der Waals surface area contributed by atoms with E-state index in [1.807, 2.05) is 28.4 Å². The molecule has 0 bridgehead atoms. The van der Waals surface area contributed by atoms with E-state index in [2.05, 4.69) is 0 Å². The fourth-order valence-corrected chi connectivity index (χ4v) is 4.55. The average molecular weight is 232 g/mol. The first-order chi connectivity index (χ1) is 6.75. The fraction of sp³-hybridized carbons (Fsp3) is 0.889. The second-order valence-electron chi connectivity index (χ2n) is 3.83. The Morgan fingerprint density at radius 1 is 1.50 bits per heavy atom. The lowest BCUT2D eigenvalue weighted by molar-refractivity contribution is -0.127. The number of carbonyl (C=O) groups excluding carboxylic acids is 1. The molecule has 0 radical (unpaired) electrons. The van der Waals surface area contributed by atoms with Gasteiger partial charge in [-0.2, -0.15) is 23.5 Å². The average Bonchev–Trinajstić information content (AvgIpc) is 2.47. The Labute approximate surface area is 93.2 Å². The summed E-state index contributed by atoms with van der Waals surface area (Å²) >= 11 is 4.00. The molecule has 2 atom stereocenters. The Hall–Kier alpha value is 0.130. The minimum Gasteiger partial charge on any atom is -0.340 e. The normalized spacial score (nSPS) is 33.8. The van der Waals surface area contributed by atoms with Crippen LogP contribution in [0.1, 0.15) is 6.42 Å². The van der Waals surface area contributed by atoms with E-state index in [9.17, 15) is 4.79 Å². The molecule has 2 aliphatic rings. The van der Waals surface area contributed by atoms with E-state index >= 15 is 0 Å². The maximum atomic E-state index is 11.5. The molecule has 2 rings (SSSR count). The largest absolute Gasteiger partial charge is 0.340 e. The molecule has 2 fully saturated rings. The minimum absolute atomic E-state index is 0.0729. The molecule has 1 amide bonds. The van der Waals surface area contributed by atoms with Gasteiger partial charge >= 0.3 is 0 Å². The van der Waals surface area contributed by atoms with Gasteiger partial charge < -0.3 is 10.6 Å². The minimum atomic E-state index is 0.0729. The van der Waals surface area contributed by atoms with Crippen molar-refractivity contribution in [2.75, 3.05) is 30.3 Å². The van der Waals surface area contributed by atoms with Crippen molar-refractivity contribution in [1.82, 2.24) is 4.90 Å². The van der Waals surface area contributed by atoms with Gasteiger partial charge in [0.1, 0.15) is 0 Å². The van der Waals surface area contributed by atoms with E-state index in [4.69, 9.17) is 5.73 Å². The third kappa shape index (κ3) is 2.58. The van der Waals surface area contributed by atoms with Crippen LogP contribution in [0.2, 0.25) is 0 Å². The molecule has 0 spiro atoms. The van der Waals surface area contributed by atoms with Crippen molar-refractivity contribution in [2.24, 2.45) is 5.73 Å². The summed E-state index contributed by atoms with van der Waals surface area (Å²) in [5, 5.41) is 0.628. The van der Waals surface area contributed by atoms with Gasteiger partial charge in [-0.3, -0.25) is 4.79 Å². The van der Waals surface area contributed by atoms with Crippen LogP contribution in [0.4, 0.5) is 0 Å². The number of likely N-dealkylation sites (tertiary alicyclic amines) is 1. The van der Waals surface area contributed by atoms with Crippen LogP contribution >= 0.6 is 23.5 Å². The zero-order valence-electron chi connectivity index (χ0n) is 8.15. The summed E-state index contributed by atoms with van der Waals surface area (Å²) in [4.78, 5) is 13.4. The molecule has 2 heterocycles. The molecule has 2 unspecified atom stereocenters. The molecule has 0 aromatic heterocycles. The van der Waals surface area contributed by atoms with E-state index in [0.29, 0.717) is 11.7 Å². The summed E-state index contributed by atoms with van der Waals surface area (Å²) in [6.07, 6.45) is 0.546. The number of hydrogen-bond donors (Lipinski definition) is 1. The zero-order valence-corrected chi connectivity index (χ0v) is 9.78. The Morgan fingerprint density at radius 2 is 2.36 bits per heavy atom. The Bertz CT molecular complexity index is 219. The van der Waals surface area contributed by atoms with Crippen LogP contribution in [0, 0.1) is 0 Å². The summed E-state index contributed by atoms with van der Waals surface area (Å²) in [5.41, 5.74) is 5.75. The van der Waals surface area contributed by atoms with Crippen molar-refractivity contribution in [2.45, 2.75) is 17.7 Å². The summed E-state index contributed by atoms with van der Waals surface area (Å²) in [7, 11) is 0. The molecule has 14 heavy (non-hydrogen) atoms. The number of nitrogens with two attached hydrogens (primary N) is 1. The molecule has 2 aliphatic heterocycles. The lowest BCUT2D eigenvalue weighted by atomic mass is 10.3. The highest BCUT2D eigenvalue weighted by molar-refractivity contribution is 8.06. The Morgan fingerprint density at radius 3 is 2.93 bits per heavy atom. The maximum absolute atomic E-state index is 11.5. The molecule has 0 aromatic carbocycles. The van der Waals surface area contributed by atoms with Crippen LogP contribution in [-0.2, 0) is 4.79 Å². The lowest BCUT2D eigenvalue weighted by Gasteiger charge is -2.26.